The summed E-state index contributed by atoms with van der Waals surface area (Å²) in [4.78, 5) is 11.9. The molecular weight excluding hydrogens is 295 g/mol. The molecule has 1 amide bonds. The van der Waals surface area contributed by atoms with Gasteiger partial charge in [-0.15, -0.1) is 12.4 Å². The van der Waals surface area contributed by atoms with Crippen molar-refractivity contribution in [3.8, 4) is 0 Å². The van der Waals surface area contributed by atoms with Crippen molar-refractivity contribution < 1.29 is 4.79 Å². The van der Waals surface area contributed by atoms with Crippen LogP contribution in [0.25, 0.3) is 0 Å². The maximum atomic E-state index is 11.9. The minimum atomic E-state index is 0. The van der Waals surface area contributed by atoms with Crippen LogP contribution in [0.1, 0.15) is 25.3 Å². The molecular formula is C15H22Cl2N2O. The molecule has 2 N–H and O–H groups in total. The maximum Gasteiger partial charge on any atom is 0.220 e. The number of halogens is 2. The Balaban J connectivity index is 0.00000200. The van der Waals surface area contributed by atoms with Crippen LogP contribution in [0.3, 0.4) is 0 Å². The lowest BCUT2D eigenvalue weighted by Gasteiger charge is -2.30. The number of carbonyl (C=O) groups excluding carboxylic acids is 1. The van der Waals surface area contributed by atoms with Crippen LogP contribution in [0.5, 0.6) is 0 Å². The highest BCUT2D eigenvalue weighted by Crippen LogP contribution is 2.12. The van der Waals surface area contributed by atoms with Crippen molar-refractivity contribution in [3.05, 3.63) is 34.9 Å². The van der Waals surface area contributed by atoms with Crippen molar-refractivity contribution in [3.63, 3.8) is 0 Å². The number of benzene rings is 1. The van der Waals surface area contributed by atoms with Crippen molar-refractivity contribution in [2.45, 2.75) is 32.2 Å². The number of amides is 1. The number of rotatable bonds is 4. The van der Waals surface area contributed by atoms with Gasteiger partial charge in [0, 0.05) is 17.5 Å². The highest BCUT2D eigenvalue weighted by atomic mass is 35.5. The van der Waals surface area contributed by atoms with Crippen LogP contribution in [0.2, 0.25) is 5.02 Å². The first-order valence-electron chi connectivity index (χ1n) is 6.89. The molecule has 0 radical (unpaired) electrons. The SMILES string of the molecule is CC1CNCCC1NC(=O)CCc1ccc(Cl)cc1.Cl. The van der Waals surface area contributed by atoms with E-state index < -0.39 is 0 Å². The predicted octanol–water partition coefficient (Wildman–Crippen LogP) is 2.81. The molecule has 1 heterocycles. The van der Waals surface area contributed by atoms with E-state index in [4.69, 9.17) is 11.6 Å². The fraction of sp³-hybridized carbons (Fsp3) is 0.533. The zero-order chi connectivity index (χ0) is 13.7. The topological polar surface area (TPSA) is 41.1 Å². The second-order valence-electron chi connectivity index (χ2n) is 5.27. The van der Waals surface area contributed by atoms with Gasteiger partial charge in [-0.05, 0) is 49.5 Å². The van der Waals surface area contributed by atoms with E-state index in [2.05, 4.69) is 17.6 Å². The minimum Gasteiger partial charge on any atom is -0.353 e. The Kier molecular flexibility index (Phi) is 7.35. The summed E-state index contributed by atoms with van der Waals surface area (Å²) in [6.45, 7) is 4.16. The van der Waals surface area contributed by atoms with E-state index in [1.807, 2.05) is 24.3 Å². The fourth-order valence-electron chi connectivity index (χ4n) is 2.42. The third-order valence-electron chi connectivity index (χ3n) is 3.69. The molecule has 1 fully saturated rings. The standard InChI is InChI=1S/C15H21ClN2O.ClH/c1-11-10-17-9-8-14(11)18-15(19)7-4-12-2-5-13(16)6-3-12;/h2-3,5-6,11,14,17H,4,7-10H2,1H3,(H,18,19);1H. The molecule has 0 bridgehead atoms. The van der Waals surface area contributed by atoms with Crippen LogP contribution in [-0.2, 0) is 11.2 Å². The number of nitrogens with one attached hydrogen (secondary N) is 2. The van der Waals surface area contributed by atoms with Gasteiger partial charge in [0.25, 0.3) is 0 Å². The number of carbonyl (C=O) groups is 1. The summed E-state index contributed by atoms with van der Waals surface area (Å²) in [5, 5.41) is 7.22. The molecule has 2 rings (SSSR count). The Morgan fingerprint density at radius 1 is 1.40 bits per heavy atom. The second-order valence-corrected chi connectivity index (χ2v) is 5.71. The summed E-state index contributed by atoms with van der Waals surface area (Å²) in [6, 6.07) is 8.00. The lowest BCUT2D eigenvalue weighted by molar-refractivity contribution is -0.122. The molecule has 20 heavy (non-hydrogen) atoms. The average molecular weight is 317 g/mol. The Hall–Kier alpha value is -0.770. The summed E-state index contributed by atoms with van der Waals surface area (Å²) < 4.78 is 0. The molecule has 1 aromatic rings. The van der Waals surface area contributed by atoms with Crippen molar-refractivity contribution in [2.24, 2.45) is 5.92 Å². The Morgan fingerprint density at radius 2 is 2.10 bits per heavy atom. The molecule has 1 aromatic carbocycles. The van der Waals surface area contributed by atoms with Gasteiger partial charge in [-0.25, -0.2) is 0 Å². The van der Waals surface area contributed by atoms with Gasteiger partial charge in [-0.1, -0.05) is 30.7 Å². The maximum absolute atomic E-state index is 11.9. The monoisotopic (exact) mass is 316 g/mol. The summed E-state index contributed by atoms with van der Waals surface area (Å²) in [5.74, 6) is 0.655. The quantitative estimate of drug-likeness (QED) is 0.896. The zero-order valence-corrected chi connectivity index (χ0v) is 13.3. The van der Waals surface area contributed by atoms with Crippen LogP contribution in [0, 0.1) is 5.92 Å². The molecule has 2 unspecified atom stereocenters. The largest absolute Gasteiger partial charge is 0.353 e. The van der Waals surface area contributed by atoms with E-state index in [9.17, 15) is 4.79 Å². The smallest absolute Gasteiger partial charge is 0.220 e. The number of aryl methyl sites for hydroxylation is 1. The molecule has 0 aromatic heterocycles. The third kappa shape index (κ3) is 5.31. The van der Waals surface area contributed by atoms with E-state index in [0.29, 0.717) is 18.4 Å². The molecule has 0 spiro atoms. The van der Waals surface area contributed by atoms with Crippen LogP contribution >= 0.6 is 24.0 Å². The summed E-state index contributed by atoms with van der Waals surface area (Å²) >= 11 is 5.83. The Labute approximate surface area is 131 Å². The second kappa shape index (κ2) is 8.50. The lowest BCUT2D eigenvalue weighted by atomic mass is 9.95. The van der Waals surface area contributed by atoms with Crippen LogP contribution in [0.4, 0.5) is 0 Å². The number of hydrogen-bond acceptors (Lipinski definition) is 2. The Morgan fingerprint density at radius 3 is 2.75 bits per heavy atom. The molecule has 1 aliphatic heterocycles. The summed E-state index contributed by atoms with van der Waals surface area (Å²) in [7, 11) is 0. The molecule has 0 saturated carbocycles. The van der Waals surface area contributed by atoms with Gasteiger partial charge in [0.1, 0.15) is 0 Å². The lowest BCUT2D eigenvalue weighted by Crippen LogP contribution is -2.48. The van der Waals surface area contributed by atoms with Gasteiger partial charge in [0.05, 0.1) is 0 Å². The molecule has 5 heteroatoms. The van der Waals surface area contributed by atoms with E-state index >= 15 is 0 Å². The van der Waals surface area contributed by atoms with E-state index in [-0.39, 0.29) is 18.3 Å². The molecule has 112 valence electrons. The zero-order valence-electron chi connectivity index (χ0n) is 11.7. The van der Waals surface area contributed by atoms with E-state index in [0.717, 1.165) is 36.5 Å². The number of piperidine rings is 1. The van der Waals surface area contributed by atoms with Crippen LogP contribution < -0.4 is 10.6 Å². The molecule has 1 saturated heterocycles. The van der Waals surface area contributed by atoms with Gasteiger partial charge < -0.3 is 10.6 Å². The minimum absolute atomic E-state index is 0. The fourth-order valence-corrected chi connectivity index (χ4v) is 2.54. The van der Waals surface area contributed by atoms with E-state index in [1.54, 1.807) is 0 Å². The highest BCUT2D eigenvalue weighted by Gasteiger charge is 2.22. The van der Waals surface area contributed by atoms with Crippen molar-refractivity contribution in [1.82, 2.24) is 10.6 Å². The van der Waals surface area contributed by atoms with Crippen LogP contribution in [0.15, 0.2) is 24.3 Å². The normalized spacial score (nSPS) is 21.9. The average Bonchev–Trinajstić information content (AvgIpc) is 2.41. The van der Waals surface area contributed by atoms with E-state index in [1.165, 1.54) is 0 Å². The Bertz CT molecular complexity index is 422. The number of hydrogen-bond donors (Lipinski definition) is 2. The molecule has 3 nitrogen and oxygen atoms in total. The van der Waals surface area contributed by atoms with Crippen molar-refractivity contribution in [1.29, 1.82) is 0 Å². The molecule has 0 aliphatic carbocycles. The van der Waals surface area contributed by atoms with Gasteiger partial charge in [-0.3, -0.25) is 4.79 Å². The van der Waals surface area contributed by atoms with Crippen LogP contribution in [-0.4, -0.2) is 25.0 Å². The summed E-state index contributed by atoms with van der Waals surface area (Å²) in [5.41, 5.74) is 1.15. The highest BCUT2D eigenvalue weighted by molar-refractivity contribution is 6.30. The molecule has 2 atom stereocenters. The first-order valence-corrected chi connectivity index (χ1v) is 7.27. The first kappa shape index (κ1) is 17.3. The third-order valence-corrected chi connectivity index (χ3v) is 3.94. The van der Waals surface area contributed by atoms with Gasteiger partial charge in [0.2, 0.25) is 5.91 Å². The predicted molar refractivity (Wildman–Crippen MR) is 85.6 cm³/mol. The van der Waals surface area contributed by atoms with Gasteiger partial charge in [0.15, 0.2) is 0 Å². The first-order chi connectivity index (χ1) is 9.15. The summed E-state index contributed by atoms with van der Waals surface area (Å²) in [6.07, 6.45) is 2.33. The molecule has 1 aliphatic rings. The van der Waals surface area contributed by atoms with Crippen molar-refractivity contribution in [2.75, 3.05) is 13.1 Å². The van der Waals surface area contributed by atoms with Crippen molar-refractivity contribution >= 4 is 29.9 Å². The van der Waals surface area contributed by atoms with Gasteiger partial charge in [-0.2, -0.15) is 0 Å². The van der Waals surface area contributed by atoms with Gasteiger partial charge >= 0.3 is 0 Å².